The van der Waals surface area contributed by atoms with E-state index in [1.54, 1.807) is 9.80 Å². The molecule has 1 aromatic heterocycles. The second kappa shape index (κ2) is 8.43. The molecule has 2 aliphatic heterocycles. The Morgan fingerprint density at radius 1 is 0.969 bits per heavy atom. The molecule has 2 aromatic carbocycles. The van der Waals surface area contributed by atoms with Crippen molar-refractivity contribution in [1.29, 1.82) is 0 Å². The molecule has 160 valence electrons. The molecular weight excluding hydrogens is 406 g/mol. The molecule has 0 fully saturated rings. The van der Waals surface area contributed by atoms with Gasteiger partial charge in [-0.3, -0.25) is 9.69 Å². The van der Waals surface area contributed by atoms with Crippen molar-refractivity contribution < 1.29 is 14.3 Å². The van der Waals surface area contributed by atoms with Gasteiger partial charge >= 0.3 is 12.1 Å². The highest BCUT2D eigenvalue weighted by Crippen LogP contribution is 2.22. The fourth-order valence-corrected chi connectivity index (χ4v) is 3.66. The molecule has 0 bridgehead atoms. The predicted molar refractivity (Wildman–Crippen MR) is 120 cm³/mol. The van der Waals surface area contributed by atoms with E-state index in [1.807, 2.05) is 83.7 Å². The number of ether oxygens (including phenoxy) is 1. The summed E-state index contributed by atoms with van der Waals surface area (Å²) in [7, 11) is 0. The van der Waals surface area contributed by atoms with Gasteiger partial charge in [-0.15, -0.1) is 4.99 Å². The molecule has 8 nitrogen and oxygen atoms in total. The number of aromatic nitrogens is 1. The summed E-state index contributed by atoms with van der Waals surface area (Å²) >= 11 is 0. The molecule has 2 aliphatic rings. The fourth-order valence-electron chi connectivity index (χ4n) is 3.66. The summed E-state index contributed by atoms with van der Waals surface area (Å²) in [5, 5.41) is 2.88. The average Bonchev–Trinajstić information content (AvgIpc) is 3.45. The van der Waals surface area contributed by atoms with E-state index in [0.717, 1.165) is 11.3 Å². The standard InChI is InChI=1S/C24H21N5O3/c30-22(25-19-8-10-20(11-9-19)27-12-4-5-13-27)21-17-32-24-26-23(31)28(14-15-29(21)24)16-18-6-2-1-3-7-18/h1-13,17H,14-16H2,(H,25,30). The number of anilines is 1. The number of amides is 3. The largest absolute Gasteiger partial charge is 0.431 e. The summed E-state index contributed by atoms with van der Waals surface area (Å²) in [6.07, 6.45) is 5.25. The van der Waals surface area contributed by atoms with E-state index < -0.39 is 0 Å². The molecule has 0 saturated heterocycles. The number of carbonyl (C=O) groups excluding carboxylic acids is 2. The van der Waals surface area contributed by atoms with Crippen LogP contribution in [0.5, 0.6) is 0 Å². The second-order valence-corrected chi connectivity index (χ2v) is 7.45. The molecule has 0 radical (unpaired) electrons. The van der Waals surface area contributed by atoms with Crippen LogP contribution in [0.1, 0.15) is 5.56 Å². The van der Waals surface area contributed by atoms with Crippen molar-refractivity contribution in [1.82, 2.24) is 14.4 Å². The first-order valence-electron chi connectivity index (χ1n) is 10.3. The molecule has 0 atom stereocenters. The monoisotopic (exact) mass is 427 g/mol. The fraction of sp³-hybridized carbons (Fsp3) is 0.125. The van der Waals surface area contributed by atoms with Crippen molar-refractivity contribution in [3.63, 3.8) is 0 Å². The molecule has 8 heteroatoms. The topological polar surface area (TPSA) is 79.2 Å². The maximum absolute atomic E-state index is 12.9. The zero-order valence-corrected chi connectivity index (χ0v) is 17.2. The lowest BCUT2D eigenvalue weighted by atomic mass is 10.2. The molecule has 3 heterocycles. The number of rotatable bonds is 5. The van der Waals surface area contributed by atoms with E-state index in [9.17, 15) is 9.59 Å². The number of carbonyl (C=O) groups is 2. The maximum atomic E-state index is 12.9. The van der Waals surface area contributed by atoms with E-state index in [0.29, 0.717) is 31.0 Å². The number of benzene rings is 2. The Kier molecular flexibility index (Phi) is 5.17. The Morgan fingerprint density at radius 2 is 1.72 bits per heavy atom. The lowest BCUT2D eigenvalue weighted by Gasteiger charge is -2.21. The maximum Gasteiger partial charge on any atom is 0.348 e. The highest BCUT2D eigenvalue weighted by atomic mass is 16.5. The molecule has 0 spiro atoms. The SMILES string of the molecule is O=C(Nc1ccc(-n2cccc2)cc1)C1=COC2=NC(=O)N(Cc3ccccc3)CCN12. The first kappa shape index (κ1) is 19.6. The summed E-state index contributed by atoms with van der Waals surface area (Å²) in [4.78, 5) is 32.8. The Bertz CT molecular complexity index is 1180. The molecule has 0 unspecified atom stereocenters. The van der Waals surface area contributed by atoms with E-state index in [-0.39, 0.29) is 18.0 Å². The zero-order valence-electron chi connectivity index (χ0n) is 17.2. The van der Waals surface area contributed by atoms with Crippen LogP contribution in [0.3, 0.4) is 0 Å². The van der Waals surface area contributed by atoms with Gasteiger partial charge in [-0.05, 0) is 42.0 Å². The molecule has 3 amide bonds. The molecule has 5 rings (SSSR count). The highest BCUT2D eigenvalue weighted by Gasteiger charge is 2.33. The van der Waals surface area contributed by atoms with Crippen LogP contribution in [-0.2, 0) is 16.1 Å². The second-order valence-electron chi connectivity index (χ2n) is 7.45. The Labute approximate surface area is 185 Å². The summed E-state index contributed by atoms with van der Waals surface area (Å²) < 4.78 is 7.43. The van der Waals surface area contributed by atoms with Crippen LogP contribution in [0.15, 0.2) is 96.1 Å². The third kappa shape index (κ3) is 3.98. The normalized spacial score (nSPS) is 15.4. The van der Waals surface area contributed by atoms with Crippen LogP contribution in [0, 0.1) is 0 Å². The van der Waals surface area contributed by atoms with Crippen LogP contribution in [0.25, 0.3) is 5.69 Å². The number of urea groups is 1. The Balaban J connectivity index is 1.25. The minimum Gasteiger partial charge on any atom is -0.431 e. The van der Waals surface area contributed by atoms with Crippen LogP contribution < -0.4 is 5.32 Å². The van der Waals surface area contributed by atoms with Crippen LogP contribution >= 0.6 is 0 Å². The zero-order chi connectivity index (χ0) is 21.9. The number of fused-ring (bicyclic) bond motifs is 1. The van der Waals surface area contributed by atoms with Crippen molar-refractivity contribution in [3.05, 3.63) is 96.6 Å². The van der Waals surface area contributed by atoms with Crippen molar-refractivity contribution in [2.75, 3.05) is 18.4 Å². The van der Waals surface area contributed by atoms with Gasteiger partial charge < -0.3 is 19.5 Å². The van der Waals surface area contributed by atoms with Gasteiger partial charge in [0.05, 0.1) is 0 Å². The molecule has 3 aromatic rings. The van der Waals surface area contributed by atoms with E-state index in [1.165, 1.54) is 6.26 Å². The van der Waals surface area contributed by atoms with Gasteiger partial charge in [-0.2, -0.15) is 0 Å². The third-order valence-corrected chi connectivity index (χ3v) is 5.33. The van der Waals surface area contributed by atoms with E-state index in [4.69, 9.17) is 4.74 Å². The van der Waals surface area contributed by atoms with Crippen LogP contribution in [-0.4, -0.2) is 45.4 Å². The first-order valence-corrected chi connectivity index (χ1v) is 10.3. The lowest BCUT2D eigenvalue weighted by molar-refractivity contribution is -0.113. The van der Waals surface area contributed by atoms with Crippen LogP contribution in [0.2, 0.25) is 0 Å². The number of amidine groups is 1. The summed E-state index contributed by atoms with van der Waals surface area (Å²) in [6, 6.07) is 20.9. The van der Waals surface area contributed by atoms with Gasteiger partial charge in [0.15, 0.2) is 0 Å². The van der Waals surface area contributed by atoms with Gasteiger partial charge in [0.25, 0.3) is 5.91 Å². The van der Waals surface area contributed by atoms with Gasteiger partial charge in [-0.1, -0.05) is 30.3 Å². The minimum absolute atomic E-state index is 0.124. The predicted octanol–water partition coefficient (Wildman–Crippen LogP) is 3.58. The van der Waals surface area contributed by atoms with Gasteiger partial charge in [-0.25, -0.2) is 4.79 Å². The van der Waals surface area contributed by atoms with Crippen molar-refractivity contribution >= 4 is 23.6 Å². The van der Waals surface area contributed by atoms with Crippen molar-refractivity contribution in [2.45, 2.75) is 6.54 Å². The summed E-state index contributed by atoms with van der Waals surface area (Å²) in [6.45, 7) is 1.27. The summed E-state index contributed by atoms with van der Waals surface area (Å²) in [5.41, 5.74) is 2.98. The number of hydrogen-bond acceptors (Lipinski definition) is 4. The minimum atomic E-state index is -0.387. The van der Waals surface area contributed by atoms with E-state index in [2.05, 4.69) is 10.3 Å². The van der Waals surface area contributed by atoms with Crippen molar-refractivity contribution in [2.24, 2.45) is 4.99 Å². The molecule has 0 saturated carbocycles. The number of hydrogen-bond donors (Lipinski definition) is 1. The van der Waals surface area contributed by atoms with Gasteiger partial charge in [0, 0.05) is 43.4 Å². The molecule has 32 heavy (non-hydrogen) atoms. The number of nitrogens with one attached hydrogen (secondary N) is 1. The molecule has 1 N–H and O–H groups in total. The number of aliphatic imine (C=N–C) groups is 1. The summed E-state index contributed by atoms with van der Waals surface area (Å²) in [5.74, 6) is -0.326. The highest BCUT2D eigenvalue weighted by molar-refractivity contribution is 6.08. The Hall–Kier alpha value is -4.33. The smallest absolute Gasteiger partial charge is 0.348 e. The van der Waals surface area contributed by atoms with Crippen molar-refractivity contribution in [3.8, 4) is 5.69 Å². The van der Waals surface area contributed by atoms with E-state index >= 15 is 0 Å². The molecular formula is C24H21N5O3. The quantitative estimate of drug-likeness (QED) is 0.675. The lowest BCUT2D eigenvalue weighted by Crippen LogP contribution is -2.36. The molecule has 0 aliphatic carbocycles. The average molecular weight is 427 g/mol. The number of nitrogens with zero attached hydrogens (tertiary/aromatic N) is 4. The van der Waals surface area contributed by atoms with Gasteiger partial charge in [0.1, 0.15) is 12.0 Å². The third-order valence-electron chi connectivity index (χ3n) is 5.33. The van der Waals surface area contributed by atoms with Crippen LogP contribution in [0.4, 0.5) is 10.5 Å². The Morgan fingerprint density at radius 3 is 2.47 bits per heavy atom. The van der Waals surface area contributed by atoms with Gasteiger partial charge in [0.2, 0.25) is 0 Å². The first-order chi connectivity index (χ1) is 15.7.